The fraction of sp³-hybridized carbons (Fsp3) is 0.440. The minimum atomic E-state index is -6.31. The summed E-state index contributed by atoms with van der Waals surface area (Å²) in [5.74, 6) is -0.190. The van der Waals surface area contributed by atoms with E-state index in [0.29, 0.717) is 18.0 Å². The van der Waals surface area contributed by atoms with Gasteiger partial charge in [0.25, 0.3) is 0 Å². The topological polar surface area (TPSA) is 68.1 Å². The predicted octanol–water partition coefficient (Wildman–Crippen LogP) is 5.13. The summed E-state index contributed by atoms with van der Waals surface area (Å²) < 4.78 is 138. The van der Waals surface area contributed by atoms with Crippen LogP contribution in [-0.4, -0.2) is 53.0 Å². The molecule has 0 amide bonds. The number of halogens is 8. The fourth-order valence-corrected chi connectivity index (χ4v) is 8.37. The van der Waals surface area contributed by atoms with Crippen LogP contribution in [0.5, 0.6) is 0 Å². The van der Waals surface area contributed by atoms with E-state index in [2.05, 4.69) is 10.1 Å². The van der Waals surface area contributed by atoms with Crippen LogP contribution < -0.4 is 0 Å². The molecule has 1 fully saturated rings. The van der Waals surface area contributed by atoms with Gasteiger partial charge >= 0.3 is 18.0 Å². The summed E-state index contributed by atoms with van der Waals surface area (Å²) in [5.41, 5.74) is -7.46. The normalized spacial score (nSPS) is 22.3. The number of hydrogen-bond donors (Lipinski definition) is 0. The van der Waals surface area contributed by atoms with Crippen molar-refractivity contribution in [3.05, 3.63) is 77.1 Å². The van der Waals surface area contributed by atoms with E-state index in [1.165, 1.54) is 11.0 Å². The van der Waals surface area contributed by atoms with Crippen LogP contribution in [0.2, 0.25) is 0 Å². The van der Waals surface area contributed by atoms with Gasteiger partial charge in [-0.25, -0.2) is 22.2 Å². The van der Waals surface area contributed by atoms with Crippen molar-refractivity contribution in [3.8, 4) is 0 Å². The third-order valence-corrected chi connectivity index (χ3v) is 10.5. The molecule has 2 aromatic carbocycles. The van der Waals surface area contributed by atoms with Gasteiger partial charge in [0, 0.05) is 25.2 Å². The molecule has 0 radical (unpaired) electrons. The molecule has 1 aromatic heterocycles. The molecule has 5 rings (SSSR count). The molecule has 15 heteroatoms. The molecule has 6 nitrogen and oxygen atoms in total. The molecular formula is C25H22F8N4O2S. The van der Waals surface area contributed by atoms with Crippen LogP contribution in [0.4, 0.5) is 35.1 Å². The quantitative estimate of drug-likeness (QED) is 0.303. The van der Waals surface area contributed by atoms with Crippen molar-refractivity contribution in [3.63, 3.8) is 0 Å². The summed E-state index contributed by atoms with van der Waals surface area (Å²) in [6.45, 7) is 0.363. The highest BCUT2D eigenvalue weighted by Crippen LogP contribution is 2.56. The molecule has 0 spiro atoms. The first-order valence-corrected chi connectivity index (χ1v) is 13.6. The summed E-state index contributed by atoms with van der Waals surface area (Å²) in [4.78, 5) is 5.73. The molecule has 0 bridgehead atoms. The number of benzene rings is 2. The Morgan fingerprint density at radius 2 is 1.65 bits per heavy atom. The van der Waals surface area contributed by atoms with Gasteiger partial charge in [-0.2, -0.15) is 31.4 Å². The number of hydrogen-bond acceptors (Lipinski definition) is 5. The summed E-state index contributed by atoms with van der Waals surface area (Å²) >= 11 is 0. The molecule has 1 saturated heterocycles. The minimum absolute atomic E-state index is 0.0102. The molecule has 216 valence electrons. The first kappa shape index (κ1) is 28.5. The van der Waals surface area contributed by atoms with Crippen LogP contribution in [0.3, 0.4) is 0 Å². The van der Waals surface area contributed by atoms with Crippen molar-refractivity contribution >= 4 is 9.84 Å². The lowest BCUT2D eigenvalue weighted by atomic mass is 9.77. The predicted molar refractivity (Wildman–Crippen MR) is 125 cm³/mol. The van der Waals surface area contributed by atoms with Crippen LogP contribution in [0.1, 0.15) is 35.4 Å². The number of aryl methyl sites for hydroxylation is 2. The molecule has 3 aromatic rings. The van der Waals surface area contributed by atoms with Gasteiger partial charge in [0.05, 0.1) is 11.4 Å². The molecule has 2 atom stereocenters. The van der Waals surface area contributed by atoms with E-state index in [9.17, 15) is 43.5 Å². The van der Waals surface area contributed by atoms with Gasteiger partial charge in [-0.05, 0) is 54.7 Å². The zero-order valence-electron chi connectivity index (χ0n) is 20.8. The van der Waals surface area contributed by atoms with Crippen LogP contribution in [-0.2, 0) is 40.3 Å². The Labute approximate surface area is 223 Å². The third kappa shape index (κ3) is 4.03. The molecule has 40 heavy (non-hydrogen) atoms. The molecule has 0 unspecified atom stereocenters. The molecule has 0 N–H and O–H groups in total. The lowest BCUT2D eigenvalue weighted by molar-refractivity contribution is -0.348. The van der Waals surface area contributed by atoms with Gasteiger partial charge in [0.2, 0.25) is 0 Å². The van der Waals surface area contributed by atoms with E-state index in [-0.39, 0.29) is 48.4 Å². The molecule has 1 aliphatic carbocycles. The first-order valence-electron chi connectivity index (χ1n) is 12.1. The Morgan fingerprint density at radius 1 is 1.00 bits per heavy atom. The van der Waals surface area contributed by atoms with Gasteiger partial charge in [-0.3, -0.25) is 9.58 Å². The SMILES string of the molecule is Cn1ncnc1CN1CC[C@]2(S(=O)(=O)c3ccc(F)cc3)c3ccc(C(F)(C(F)(F)F)C(F)(F)F)cc3CC[C@H]12. The minimum Gasteiger partial charge on any atom is -0.291 e. The van der Waals surface area contributed by atoms with Gasteiger partial charge in [0.1, 0.15) is 22.7 Å². The van der Waals surface area contributed by atoms with Crippen molar-refractivity contribution in [1.82, 2.24) is 19.7 Å². The maximum absolute atomic E-state index is 14.9. The lowest BCUT2D eigenvalue weighted by Crippen LogP contribution is -2.52. The summed E-state index contributed by atoms with van der Waals surface area (Å²) in [6.07, 6.45) is -11.4. The maximum atomic E-state index is 14.9. The first-order chi connectivity index (χ1) is 18.5. The van der Waals surface area contributed by atoms with Crippen LogP contribution in [0, 0.1) is 5.82 Å². The average molecular weight is 595 g/mol. The van der Waals surface area contributed by atoms with E-state index in [1.54, 1.807) is 7.05 Å². The Bertz CT molecular complexity index is 1520. The summed E-state index contributed by atoms with van der Waals surface area (Å²) in [5, 5.41) is 4.00. The van der Waals surface area contributed by atoms with E-state index >= 15 is 0 Å². The van der Waals surface area contributed by atoms with Crippen LogP contribution in [0.25, 0.3) is 0 Å². The molecule has 2 heterocycles. The summed E-state index contributed by atoms with van der Waals surface area (Å²) in [7, 11) is -2.77. The second kappa shape index (κ2) is 9.23. The van der Waals surface area contributed by atoms with E-state index in [1.807, 2.05) is 4.90 Å². The fourth-order valence-electron chi connectivity index (χ4n) is 5.98. The Kier molecular flexibility index (Phi) is 6.56. The van der Waals surface area contributed by atoms with Crippen molar-refractivity contribution in [2.45, 2.75) is 59.5 Å². The third-order valence-electron chi connectivity index (χ3n) is 7.93. The zero-order valence-corrected chi connectivity index (χ0v) is 21.6. The molecule has 2 aliphatic rings. The van der Waals surface area contributed by atoms with Gasteiger partial charge in [0.15, 0.2) is 9.84 Å². The van der Waals surface area contributed by atoms with Crippen LogP contribution >= 0.6 is 0 Å². The lowest BCUT2D eigenvalue weighted by Gasteiger charge is -2.43. The van der Waals surface area contributed by atoms with Crippen molar-refractivity contribution in [2.24, 2.45) is 7.05 Å². The molecule has 0 saturated carbocycles. The summed E-state index contributed by atoms with van der Waals surface area (Å²) in [6, 6.07) is 4.93. The number of nitrogens with zero attached hydrogens (tertiary/aromatic N) is 4. The largest absolute Gasteiger partial charge is 0.435 e. The number of likely N-dealkylation sites (tertiary alicyclic amines) is 1. The molecule has 1 aliphatic heterocycles. The monoisotopic (exact) mass is 594 g/mol. The highest BCUT2D eigenvalue weighted by atomic mass is 32.2. The Morgan fingerprint density at radius 3 is 2.23 bits per heavy atom. The van der Waals surface area contributed by atoms with Crippen molar-refractivity contribution < 1.29 is 43.5 Å². The smallest absolute Gasteiger partial charge is 0.291 e. The van der Waals surface area contributed by atoms with E-state index in [4.69, 9.17) is 0 Å². The highest BCUT2D eigenvalue weighted by molar-refractivity contribution is 7.92. The van der Waals surface area contributed by atoms with Crippen LogP contribution in [0.15, 0.2) is 53.7 Å². The average Bonchev–Trinajstić information content (AvgIpc) is 3.46. The van der Waals surface area contributed by atoms with Gasteiger partial charge in [-0.15, -0.1) is 0 Å². The second-order valence-corrected chi connectivity index (χ2v) is 12.2. The number of rotatable bonds is 5. The second-order valence-electron chi connectivity index (χ2n) is 9.95. The number of sulfone groups is 1. The van der Waals surface area contributed by atoms with Gasteiger partial charge in [-0.1, -0.05) is 18.2 Å². The van der Waals surface area contributed by atoms with Gasteiger partial charge < -0.3 is 0 Å². The van der Waals surface area contributed by atoms with Crippen molar-refractivity contribution in [1.29, 1.82) is 0 Å². The number of fused-ring (bicyclic) bond motifs is 3. The highest BCUT2D eigenvalue weighted by Gasteiger charge is 2.73. The number of alkyl halides is 7. The maximum Gasteiger partial charge on any atom is 0.435 e. The van der Waals surface area contributed by atoms with E-state index < -0.39 is 50.0 Å². The van der Waals surface area contributed by atoms with E-state index in [0.717, 1.165) is 30.3 Å². The molecular weight excluding hydrogens is 572 g/mol. The Balaban J connectivity index is 1.69. The number of aromatic nitrogens is 3. The zero-order chi connectivity index (χ0) is 29.3. The van der Waals surface area contributed by atoms with Crippen molar-refractivity contribution in [2.75, 3.05) is 6.54 Å². The Hall–Kier alpha value is -3.07. The standard InChI is InChI=1S/C25H22F8N4O2S/c1-36-21(34-14-35-36)13-37-11-10-22(40(38,39)18-6-4-17(26)5-7-18)19-8-3-16(12-15(19)2-9-20(22)37)23(27,24(28,29)30)25(31,32)33/h3-8,12,14,20H,2,9-11,13H2,1H3/t20-,22-/m0/s1.